The Balaban J connectivity index is 1.63. The molecule has 2 saturated heterocycles. The Morgan fingerprint density at radius 3 is 2.83 bits per heavy atom. The fourth-order valence-electron chi connectivity index (χ4n) is 2.90. The second-order valence-electron chi connectivity index (χ2n) is 6.47. The van der Waals surface area contributed by atoms with E-state index in [1.807, 2.05) is 37.3 Å². The largest absolute Gasteiger partial charge is 0.445 e. The van der Waals surface area contributed by atoms with E-state index in [9.17, 15) is 9.90 Å². The van der Waals surface area contributed by atoms with Gasteiger partial charge < -0.3 is 29.4 Å². The highest BCUT2D eigenvalue weighted by Gasteiger charge is 2.59. The van der Waals surface area contributed by atoms with Crippen molar-refractivity contribution in [1.29, 1.82) is 0 Å². The highest BCUT2D eigenvalue weighted by atomic mass is 16.9. The van der Waals surface area contributed by atoms with E-state index in [2.05, 4.69) is 5.32 Å². The molecule has 2 bridgehead atoms. The molecule has 2 N–H and O–H groups in total. The molecule has 1 aromatic rings. The molecular weight excluding hydrogens is 314 g/mol. The predicted octanol–water partition coefficient (Wildman–Crippen LogP) is 1.54. The molecule has 3 rings (SSSR count). The van der Waals surface area contributed by atoms with E-state index in [4.69, 9.17) is 18.9 Å². The summed E-state index contributed by atoms with van der Waals surface area (Å²) in [7, 11) is 0. The van der Waals surface area contributed by atoms with Gasteiger partial charge >= 0.3 is 12.1 Å². The highest BCUT2D eigenvalue weighted by Crippen LogP contribution is 2.41. The molecule has 7 heteroatoms. The normalized spacial score (nSPS) is 31.3. The third-order valence-corrected chi connectivity index (χ3v) is 4.25. The first-order valence-corrected chi connectivity index (χ1v) is 8.06. The third-order valence-electron chi connectivity index (χ3n) is 4.25. The van der Waals surface area contributed by atoms with Crippen LogP contribution in [0.15, 0.2) is 30.3 Å². The Morgan fingerprint density at radius 1 is 1.38 bits per heavy atom. The van der Waals surface area contributed by atoms with E-state index >= 15 is 0 Å². The van der Waals surface area contributed by atoms with Crippen LogP contribution in [-0.4, -0.2) is 48.1 Å². The average molecular weight is 337 g/mol. The minimum atomic E-state index is -1.48. The Kier molecular flexibility index (Phi) is 4.78. The number of carbonyl (C=O) groups is 1. The van der Waals surface area contributed by atoms with Crippen molar-refractivity contribution in [3.8, 4) is 0 Å². The second kappa shape index (κ2) is 6.68. The Bertz CT molecular complexity index is 580. The van der Waals surface area contributed by atoms with Gasteiger partial charge in [0, 0.05) is 6.42 Å². The maximum absolute atomic E-state index is 12.1. The summed E-state index contributed by atoms with van der Waals surface area (Å²) in [5, 5.41) is 12.7. The van der Waals surface area contributed by atoms with Gasteiger partial charge in [0.25, 0.3) is 0 Å². The molecule has 2 aliphatic rings. The van der Waals surface area contributed by atoms with Crippen LogP contribution < -0.4 is 5.32 Å². The molecule has 24 heavy (non-hydrogen) atoms. The molecule has 2 heterocycles. The SMILES string of the molecule is CC(O)[C@H](NC(=O)OCc1ccccc1)C12OCCC(C)(CO1)O2. The van der Waals surface area contributed by atoms with Crippen molar-refractivity contribution in [2.45, 2.75) is 50.6 Å². The molecular formula is C17H23NO6. The maximum atomic E-state index is 12.1. The van der Waals surface area contributed by atoms with Gasteiger partial charge in [0.05, 0.1) is 24.9 Å². The zero-order valence-electron chi connectivity index (χ0n) is 13.9. The summed E-state index contributed by atoms with van der Waals surface area (Å²) in [4.78, 5) is 12.1. The van der Waals surface area contributed by atoms with Crippen LogP contribution in [0.1, 0.15) is 25.8 Å². The molecule has 0 aromatic heterocycles. The number of aliphatic hydroxyl groups is 1. The lowest BCUT2D eigenvalue weighted by Gasteiger charge is -2.41. The molecule has 0 spiro atoms. The lowest BCUT2D eigenvalue weighted by molar-refractivity contribution is -0.384. The van der Waals surface area contributed by atoms with Gasteiger partial charge in [-0.3, -0.25) is 0 Å². The number of hydrogen-bond donors (Lipinski definition) is 2. The number of rotatable bonds is 5. The highest BCUT2D eigenvalue weighted by molar-refractivity contribution is 5.67. The van der Waals surface area contributed by atoms with Crippen LogP contribution in [0.25, 0.3) is 0 Å². The van der Waals surface area contributed by atoms with Gasteiger partial charge in [0.1, 0.15) is 12.6 Å². The molecule has 1 amide bonds. The van der Waals surface area contributed by atoms with Crippen LogP contribution in [0.5, 0.6) is 0 Å². The molecule has 0 saturated carbocycles. The predicted molar refractivity (Wildman–Crippen MR) is 84.0 cm³/mol. The van der Waals surface area contributed by atoms with Crippen molar-refractivity contribution in [2.75, 3.05) is 13.2 Å². The number of alkyl carbamates (subject to hydrolysis) is 1. The molecule has 2 fully saturated rings. The van der Waals surface area contributed by atoms with Gasteiger partial charge in [-0.05, 0) is 19.4 Å². The Labute approximate surface area is 140 Å². The minimum Gasteiger partial charge on any atom is -0.445 e. The van der Waals surface area contributed by atoms with Crippen molar-refractivity contribution in [3.63, 3.8) is 0 Å². The number of amides is 1. The first-order chi connectivity index (χ1) is 11.4. The van der Waals surface area contributed by atoms with Crippen LogP contribution in [0.4, 0.5) is 4.79 Å². The number of aliphatic hydroxyl groups excluding tert-OH is 1. The zero-order valence-corrected chi connectivity index (χ0v) is 13.9. The number of carbonyl (C=O) groups excluding carboxylic acids is 1. The summed E-state index contributed by atoms with van der Waals surface area (Å²) in [5.41, 5.74) is 0.398. The minimum absolute atomic E-state index is 0.131. The smallest absolute Gasteiger partial charge is 0.408 e. The first kappa shape index (κ1) is 17.2. The van der Waals surface area contributed by atoms with Crippen LogP contribution in [0, 0.1) is 0 Å². The van der Waals surface area contributed by atoms with Gasteiger partial charge in [0.2, 0.25) is 0 Å². The van der Waals surface area contributed by atoms with E-state index in [0.29, 0.717) is 19.6 Å². The summed E-state index contributed by atoms with van der Waals surface area (Å²) >= 11 is 0. The molecule has 132 valence electrons. The molecule has 2 aliphatic heterocycles. The Morgan fingerprint density at radius 2 is 2.12 bits per heavy atom. The van der Waals surface area contributed by atoms with E-state index < -0.39 is 29.8 Å². The van der Waals surface area contributed by atoms with Crippen molar-refractivity contribution in [3.05, 3.63) is 35.9 Å². The zero-order chi connectivity index (χ0) is 17.2. The average Bonchev–Trinajstić information content (AvgIpc) is 2.81. The number of benzene rings is 1. The van der Waals surface area contributed by atoms with Gasteiger partial charge in [0.15, 0.2) is 0 Å². The van der Waals surface area contributed by atoms with Crippen molar-refractivity contribution in [2.24, 2.45) is 0 Å². The van der Waals surface area contributed by atoms with Crippen molar-refractivity contribution < 1.29 is 28.8 Å². The van der Waals surface area contributed by atoms with Gasteiger partial charge in [-0.2, -0.15) is 0 Å². The summed E-state index contributed by atoms with van der Waals surface area (Å²) < 4.78 is 22.4. The summed E-state index contributed by atoms with van der Waals surface area (Å²) in [5.74, 6) is -1.48. The lowest BCUT2D eigenvalue weighted by atomic mass is 10.0. The molecule has 3 unspecified atom stereocenters. The number of nitrogens with one attached hydrogen (secondary N) is 1. The number of ether oxygens (including phenoxy) is 4. The van der Waals surface area contributed by atoms with Crippen molar-refractivity contribution in [1.82, 2.24) is 5.32 Å². The molecule has 0 radical (unpaired) electrons. The van der Waals surface area contributed by atoms with E-state index in [-0.39, 0.29) is 6.61 Å². The Hall–Kier alpha value is -1.67. The molecule has 0 aliphatic carbocycles. The second-order valence-corrected chi connectivity index (χ2v) is 6.47. The van der Waals surface area contributed by atoms with Gasteiger partial charge in [-0.15, -0.1) is 0 Å². The van der Waals surface area contributed by atoms with Crippen LogP contribution in [-0.2, 0) is 25.6 Å². The van der Waals surface area contributed by atoms with Crippen LogP contribution >= 0.6 is 0 Å². The number of fused-ring (bicyclic) bond motifs is 2. The quantitative estimate of drug-likeness (QED) is 0.848. The van der Waals surface area contributed by atoms with E-state index in [0.717, 1.165) is 5.56 Å². The summed E-state index contributed by atoms with van der Waals surface area (Å²) in [6.07, 6.45) is -0.927. The van der Waals surface area contributed by atoms with E-state index in [1.165, 1.54) is 6.92 Å². The van der Waals surface area contributed by atoms with Crippen LogP contribution in [0.3, 0.4) is 0 Å². The fourth-order valence-corrected chi connectivity index (χ4v) is 2.90. The maximum Gasteiger partial charge on any atom is 0.408 e. The van der Waals surface area contributed by atoms with Crippen LogP contribution in [0.2, 0.25) is 0 Å². The van der Waals surface area contributed by atoms with Crippen molar-refractivity contribution >= 4 is 6.09 Å². The molecule has 7 nitrogen and oxygen atoms in total. The first-order valence-electron chi connectivity index (χ1n) is 8.06. The lowest BCUT2D eigenvalue weighted by Crippen LogP contribution is -2.62. The van der Waals surface area contributed by atoms with E-state index in [1.54, 1.807) is 0 Å². The topological polar surface area (TPSA) is 86.3 Å². The molecule has 4 atom stereocenters. The summed E-state index contributed by atoms with van der Waals surface area (Å²) in [6.45, 7) is 4.37. The fraction of sp³-hybridized carbons (Fsp3) is 0.588. The monoisotopic (exact) mass is 337 g/mol. The summed E-state index contributed by atoms with van der Waals surface area (Å²) in [6, 6.07) is 8.44. The third kappa shape index (κ3) is 3.54. The van der Waals surface area contributed by atoms with Gasteiger partial charge in [-0.25, -0.2) is 4.79 Å². The molecule has 1 aromatic carbocycles. The van der Waals surface area contributed by atoms with Gasteiger partial charge in [-0.1, -0.05) is 30.3 Å². The standard InChI is InChI=1S/C17H23NO6/c1-12(19)14(17-22-9-8-16(2,24-17)11-23-17)18-15(20)21-10-13-6-4-3-5-7-13/h3-7,12,14,19H,8-11H2,1-2H3,(H,18,20)/t12?,14-,16?,17?/m0/s1. The number of hydrogen-bond acceptors (Lipinski definition) is 6.